The van der Waals surface area contributed by atoms with Gasteiger partial charge in [-0.15, -0.1) is 0 Å². The van der Waals surface area contributed by atoms with Gasteiger partial charge in [-0.25, -0.2) is 0 Å². The topological polar surface area (TPSA) is 62.6 Å². The van der Waals surface area contributed by atoms with E-state index in [1.807, 2.05) is 30.3 Å². The summed E-state index contributed by atoms with van der Waals surface area (Å²) in [5.74, 6) is 0.928. The van der Waals surface area contributed by atoms with Crippen LogP contribution < -0.4 is 15.5 Å². The van der Waals surface area contributed by atoms with Crippen molar-refractivity contribution in [2.24, 2.45) is 11.8 Å². The molecule has 0 aromatic heterocycles. The number of piperidine rings is 1. The molecule has 0 unspecified atom stereocenters. The summed E-state index contributed by atoms with van der Waals surface area (Å²) >= 11 is 0. The number of likely N-dealkylation sites (tertiary alicyclic amines) is 1. The molecule has 1 saturated heterocycles. The Hall–Kier alpha value is -1.88. The first-order valence-corrected chi connectivity index (χ1v) is 10.1. The Morgan fingerprint density at radius 3 is 2.42 bits per heavy atom. The lowest BCUT2D eigenvalue weighted by molar-refractivity contribution is -0.897. The Morgan fingerprint density at radius 1 is 1.04 bits per heavy atom. The predicted molar refractivity (Wildman–Crippen MR) is 103 cm³/mol. The molecule has 1 saturated carbocycles. The van der Waals surface area contributed by atoms with Gasteiger partial charge < -0.3 is 15.5 Å². The summed E-state index contributed by atoms with van der Waals surface area (Å²) in [6.45, 7) is 4.56. The summed E-state index contributed by atoms with van der Waals surface area (Å²) in [6, 6.07) is 9.97. The Bertz CT molecular complexity index is 597. The van der Waals surface area contributed by atoms with E-state index in [4.69, 9.17) is 0 Å². The Kier molecular flexibility index (Phi) is 6.67. The zero-order chi connectivity index (χ0) is 18.4. The number of anilines is 1. The second-order valence-electron chi connectivity index (χ2n) is 7.99. The standard InChI is InChI=1S/C21H31N3O2/c1-16-7-5-6-10-19(16)23-20(25)15-24-13-11-17(12-14-24)21(26)22-18-8-3-2-4-9-18/h2-4,8-9,16-17,19H,5-7,10-15H2,1H3,(H,22,26)(H,23,25)/p+1/t16-,19-/m1/s1. The molecule has 1 aliphatic heterocycles. The number of nitrogens with one attached hydrogen (secondary N) is 3. The van der Waals surface area contributed by atoms with Crippen LogP contribution in [0.5, 0.6) is 0 Å². The fraction of sp³-hybridized carbons (Fsp3) is 0.619. The Labute approximate surface area is 156 Å². The molecule has 2 amide bonds. The molecule has 1 aromatic rings. The highest BCUT2D eigenvalue weighted by Crippen LogP contribution is 2.23. The molecule has 1 aliphatic carbocycles. The molecular weight excluding hydrogens is 326 g/mol. The molecule has 1 aromatic carbocycles. The van der Waals surface area contributed by atoms with E-state index < -0.39 is 0 Å². The van der Waals surface area contributed by atoms with Gasteiger partial charge in [-0.05, 0) is 30.9 Å². The zero-order valence-corrected chi connectivity index (χ0v) is 15.8. The van der Waals surface area contributed by atoms with Crippen molar-refractivity contribution in [1.82, 2.24) is 5.32 Å². The number of hydrogen-bond donors (Lipinski definition) is 3. The van der Waals surface area contributed by atoms with Crippen LogP contribution in [-0.4, -0.2) is 37.5 Å². The second-order valence-corrected chi connectivity index (χ2v) is 7.99. The van der Waals surface area contributed by atoms with Crippen molar-refractivity contribution in [3.05, 3.63) is 30.3 Å². The van der Waals surface area contributed by atoms with Gasteiger partial charge in [0, 0.05) is 30.5 Å². The van der Waals surface area contributed by atoms with E-state index in [2.05, 4.69) is 17.6 Å². The van der Waals surface area contributed by atoms with Gasteiger partial charge >= 0.3 is 0 Å². The van der Waals surface area contributed by atoms with Crippen LogP contribution in [0.15, 0.2) is 30.3 Å². The van der Waals surface area contributed by atoms with Gasteiger partial charge in [0.05, 0.1) is 13.1 Å². The second kappa shape index (κ2) is 9.17. The first-order chi connectivity index (χ1) is 12.6. The number of para-hydroxylation sites is 1. The smallest absolute Gasteiger partial charge is 0.275 e. The van der Waals surface area contributed by atoms with Crippen LogP contribution in [0.1, 0.15) is 45.4 Å². The molecule has 26 heavy (non-hydrogen) atoms. The molecular formula is C21H32N3O2+. The van der Waals surface area contributed by atoms with Crippen LogP contribution in [0.4, 0.5) is 5.69 Å². The summed E-state index contributed by atoms with van der Waals surface area (Å²) < 4.78 is 0. The number of carbonyl (C=O) groups excluding carboxylic acids is 2. The first kappa shape index (κ1) is 18.9. The summed E-state index contributed by atoms with van der Waals surface area (Å²) in [5, 5.41) is 6.24. The third kappa shape index (κ3) is 5.31. The number of carbonyl (C=O) groups is 2. The molecule has 3 N–H and O–H groups in total. The molecule has 5 nitrogen and oxygen atoms in total. The summed E-state index contributed by atoms with van der Waals surface area (Å²) in [7, 11) is 0. The molecule has 142 valence electrons. The lowest BCUT2D eigenvalue weighted by Crippen LogP contribution is -3.14. The van der Waals surface area contributed by atoms with E-state index >= 15 is 0 Å². The number of quaternary nitrogens is 1. The highest BCUT2D eigenvalue weighted by atomic mass is 16.2. The maximum Gasteiger partial charge on any atom is 0.275 e. The van der Waals surface area contributed by atoms with E-state index in [0.29, 0.717) is 18.5 Å². The molecule has 1 heterocycles. The molecule has 2 fully saturated rings. The lowest BCUT2D eigenvalue weighted by atomic mass is 9.86. The molecule has 2 aliphatic rings. The summed E-state index contributed by atoms with van der Waals surface area (Å²) in [4.78, 5) is 26.1. The highest BCUT2D eigenvalue weighted by molar-refractivity contribution is 5.92. The van der Waals surface area contributed by atoms with Crippen LogP contribution in [0.3, 0.4) is 0 Å². The van der Waals surface area contributed by atoms with Gasteiger partial charge in [0.25, 0.3) is 5.91 Å². The maximum atomic E-state index is 12.4. The maximum absolute atomic E-state index is 12.4. The van der Waals surface area contributed by atoms with Crippen molar-refractivity contribution in [1.29, 1.82) is 0 Å². The fourth-order valence-corrected chi connectivity index (χ4v) is 4.25. The van der Waals surface area contributed by atoms with Crippen LogP contribution in [0.2, 0.25) is 0 Å². The fourth-order valence-electron chi connectivity index (χ4n) is 4.25. The minimum atomic E-state index is 0.0559. The van der Waals surface area contributed by atoms with Gasteiger partial charge in [-0.3, -0.25) is 9.59 Å². The van der Waals surface area contributed by atoms with Crippen molar-refractivity contribution in [3.63, 3.8) is 0 Å². The van der Waals surface area contributed by atoms with E-state index in [0.717, 1.165) is 38.0 Å². The molecule has 0 radical (unpaired) electrons. The molecule has 2 atom stereocenters. The van der Waals surface area contributed by atoms with Gasteiger partial charge in [0.1, 0.15) is 0 Å². The minimum Gasteiger partial charge on any atom is -0.348 e. The quantitative estimate of drug-likeness (QED) is 0.749. The third-order valence-corrected chi connectivity index (χ3v) is 5.97. The monoisotopic (exact) mass is 358 g/mol. The molecule has 0 bridgehead atoms. The van der Waals surface area contributed by atoms with Gasteiger partial charge in [0.2, 0.25) is 5.91 Å². The van der Waals surface area contributed by atoms with Crippen LogP contribution in [-0.2, 0) is 9.59 Å². The molecule has 5 heteroatoms. The Balaban J connectivity index is 1.39. The first-order valence-electron chi connectivity index (χ1n) is 10.1. The van der Waals surface area contributed by atoms with Gasteiger partial charge in [-0.1, -0.05) is 38.0 Å². The zero-order valence-electron chi connectivity index (χ0n) is 15.8. The van der Waals surface area contributed by atoms with Crippen LogP contribution >= 0.6 is 0 Å². The van der Waals surface area contributed by atoms with E-state index in [-0.39, 0.29) is 17.7 Å². The average molecular weight is 359 g/mol. The predicted octanol–water partition coefficient (Wildman–Crippen LogP) is 1.61. The largest absolute Gasteiger partial charge is 0.348 e. The van der Waals surface area contributed by atoms with E-state index in [1.165, 1.54) is 24.2 Å². The van der Waals surface area contributed by atoms with Crippen molar-refractivity contribution in [2.45, 2.75) is 51.5 Å². The van der Waals surface area contributed by atoms with Crippen molar-refractivity contribution in [3.8, 4) is 0 Å². The van der Waals surface area contributed by atoms with Crippen LogP contribution in [0, 0.1) is 11.8 Å². The minimum absolute atomic E-state index is 0.0559. The number of amides is 2. The van der Waals surface area contributed by atoms with E-state index in [1.54, 1.807) is 0 Å². The highest BCUT2D eigenvalue weighted by Gasteiger charge is 2.30. The van der Waals surface area contributed by atoms with Gasteiger partial charge in [0.15, 0.2) is 6.54 Å². The number of rotatable bonds is 5. The molecule has 3 rings (SSSR count). The number of benzene rings is 1. The summed E-state index contributed by atoms with van der Waals surface area (Å²) in [5.41, 5.74) is 0.855. The van der Waals surface area contributed by atoms with Crippen molar-refractivity contribution >= 4 is 17.5 Å². The lowest BCUT2D eigenvalue weighted by Gasteiger charge is -2.31. The van der Waals surface area contributed by atoms with Crippen molar-refractivity contribution < 1.29 is 14.5 Å². The number of hydrogen-bond acceptors (Lipinski definition) is 2. The SMILES string of the molecule is C[C@@H]1CCCC[C@H]1NC(=O)C[NH+]1CCC(C(=O)Nc2ccccc2)CC1. The normalized spacial score (nSPS) is 29.0. The summed E-state index contributed by atoms with van der Waals surface area (Å²) in [6.07, 6.45) is 6.55. The average Bonchev–Trinajstić information content (AvgIpc) is 2.65. The Morgan fingerprint density at radius 2 is 1.73 bits per heavy atom. The van der Waals surface area contributed by atoms with Crippen molar-refractivity contribution in [2.75, 3.05) is 25.0 Å². The van der Waals surface area contributed by atoms with Crippen LogP contribution in [0.25, 0.3) is 0 Å². The van der Waals surface area contributed by atoms with E-state index in [9.17, 15) is 9.59 Å². The third-order valence-electron chi connectivity index (χ3n) is 5.97. The van der Waals surface area contributed by atoms with Gasteiger partial charge in [-0.2, -0.15) is 0 Å². The molecule has 0 spiro atoms.